The van der Waals surface area contributed by atoms with Crippen molar-refractivity contribution in [3.63, 3.8) is 0 Å². The highest BCUT2D eigenvalue weighted by Crippen LogP contribution is 2.23. The maximum atomic E-state index is 11.8. The topological polar surface area (TPSA) is 0 Å². The molecule has 0 aliphatic heterocycles. The summed E-state index contributed by atoms with van der Waals surface area (Å²) in [5.74, 6) is -2.12. The first-order chi connectivity index (χ1) is 4.46. The van der Waals surface area contributed by atoms with Crippen LogP contribution in [0.25, 0.3) is 0 Å². The molecule has 0 saturated carbocycles. The highest BCUT2D eigenvalue weighted by Gasteiger charge is 2.27. The molecule has 0 rings (SSSR count). The number of alkyl halides is 3. The lowest BCUT2D eigenvalue weighted by atomic mass is 10.4. The summed E-state index contributed by atoms with van der Waals surface area (Å²) in [4.78, 5) is 0. The SMILES string of the molecule is FC(Br)=C(F)C(F)C(F)F. The Morgan fingerprint density at radius 2 is 1.50 bits per heavy atom. The summed E-state index contributed by atoms with van der Waals surface area (Å²) in [6.45, 7) is 0. The molecule has 0 amide bonds. The molecule has 0 fully saturated rings. The maximum absolute atomic E-state index is 11.8. The first kappa shape index (κ1) is 9.87. The van der Waals surface area contributed by atoms with Crippen LogP contribution in [0.3, 0.4) is 0 Å². The zero-order chi connectivity index (χ0) is 8.31. The van der Waals surface area contributed by atoms with Crippen LogP contribution in [0.1, 0.15) is 0 Å². The minimum absolute atomic E-state index is 1.74. The van der Waals surface area contributed by atoms with Crippen molar-refractivity contribution in [1.29, 1.82) is 0 Å². The zero-order valence-electron chi connectivity index (χ0n) is 4.42. The van der Waals surface area contributed by atoms with Crippen LogP contribution in [-0.4, -0.2) is 12.6 Å². The van der Waals surface area contributed by atoms with E-state index in [9.17, 15) is 22.0 Å². The third-order valence-corrected chi connectivity index (χ3v) is 1.02. The Balaban J connectivity index is 4.22. The monoisotopic (exact) mass is 224 g/mol. The van der Waals surface area contributed by atoms with Crippen LogP contribution >= 0.6 is 15.9 Å². The molecule has 0 aromatic heterocycles. The molecule has 0 saturated heterocycles. The quantitative estimate of drug-likeness (QED) is 0.633. The molecule has 6 heteroatoms. The number of allylic oxidation sites excluding steroid dienone is 1. The standard InChI is InChI=1S/C4H2BrF5/c5-3(8)1(6)2(7)4(9)10/h2,4H. The summed E-state index contributed by atoms with van der Waals surface area (Å²) in [5, 5.41) is 0. The number of hydrogen-bond acceptors (Lipinski definition) is 0. The molecule has 0 bridgehead atoms. The summed E-state index contributed by atoms with van der Waals surface area (Å²) in [6, 6.07) is 0. The fourth-order valence-electron chi connectivity index (χ4n) is 0.215. The molecule has 0 N–H and O–H groups in total. The molecule has 0 heterocycles. The second-order valence-corrected chi connectivity index (χ2v) is 2.04. The Labute approximate surface area is 61.8 Å². The fourth-order valence-corrected chi connectivity index (χ4v) is 0.434. The van der Waals surface area contributed by atoms with Crippen molar-refractivity contribution in [2.45, 2.75) is 12.6 Å². The van der Waals surface area contributed by atoms with Gasteiger partial charge < -0.3 is 0 Å². The minimum Gasteiger partial charge on any atom is -0.233 e. The summed E-state index contributed by atoms with van der Waals surface area (Å²) < 4.78 is 55.7. The normalized spacial score (nSPS) is 17.1. The van der Waals surface area contributed by atoms with Crippen LogP contribution in [0.15, 0.2) is 10.6 Å². The van der Waals surface area contributed by atoms with E-state index in [1.54, 1.807) is 0 Å². The Hall–Kier alpha value is -0.130. The van der Waals surface area contributed by atoms with Crippen molar-refractivity contribution >= 4 is 15.9 Å². The predicted molar refractivity (Wildman–Crippen MR) is 29.1 cm³/mol. The highest BCUT2D eigenvalue weighted by molar-refractivity contribution is 9.11. The number of hydrogen-bond donors (Lipinski definition) is 0. The van der Waals surface area contributed by atoms with Gasteiger partial charge in [0.15, 0.2) is 10.6 Å². The van der Waals surface area contributed by atoms with E-state index in [0.717, 1.165) is 0 Å². The fraction of sp³-hybridized carbons (Fsp3) is 0.500. The molecule has 0 radical (unpaired) electrons. The Kier molecular flexibility index (Phi) is 3.85. The van der Waals surface area contributed by atoms with Gasteiger partial charge in [0.2, 0.25) is 6.17 Å². The van der Waals surface area contributed by atoms with Gasteiger partial charge in [-0.1, -0.05) is 0 Å². The predicted octanol–water partition coefficient (Wildman–Crippen LogP) is 3.09. The van der Waals surface area contributed by atoms with Crippen LogP contribution in [0, 0.1) is 0 Å². The Morgan fingerprint density at radius 1 is 1.10 bits per heavy atom. The second kappa shape index (κ2) is 3.90. The minimum atomic E-state index is -3.54. The molecule has 0 aromatic rings. The number of rotatable bonds is 2. The van der Waals surface area contributed by atoms with E-state index < -0.39 is 23.2 Å². The van der Waals surface area contributed by atoms with Crippen LogP contribution in [0.5, 0.6) is 0 Å². The molecule has 1 unspecified atom stereocenters. The average molecular weight is 225 g/mol. The molecule has 60 valence electrons. The average Bonchev–Trinajstić information content (AvgIpc) is 1.84. The third-order valence-electron chi connectivity index (χ3n) is 0.644. The maximum Gasteiger partial charge on any atom is 0.275 e. The summed E-state index contributed by atoms with van der Waals surface area (Å²) in [7, 11) is 0. The van der Waals surface area contributed by atoms with Gasteiger partial charge in [0.25, 0.3) is 6.43 Å². The van der Waals surface area contributed by atoms with Gasteiger partial charge in [0, 0.05) is 0 Å². The Bertz CT molecular complexity index is 139. The van der Waals surface area contributed by atoms with Gasteiger partial charge in [0.05, 0.1) is 0 Å². The largest absolute Gasteiger partial charge is 0.275 e. The lowest BCUT2D eigenvalue weighted by Gasteiger charge is -2.01. The van der Waals surface area contributed by atoms with Crippen LogP contribution < -0.4 is 0 Å². The third kappa shape index (κ3) is 2.64. The molecule has 10 heavy (non-hydrogen) atoms. The number of halogens is 6. The van der Waals surface area contributed by atoms with E-state index in [-0.39, 0.29) is 0 Å². The summed E-state index contributed by atoms with van der Waals surface area (Å²) in [6.07, 6.45) is -6.72. The molecule has 0 aliphatic rings. The van der Waals surface area contributed by atoms with E-state index >= 15 is 0 Å². The summed E-state index contributed by atoms with van der Waals surface area (Å²) in [5.41, 5.74) is 0. The van der Waals surface area contributed by atoms with Gasteiger partial charge in [-0.2, -0.15) is 4.39 Å². The molecular weight excluding hydrogens is 223 g/mol. The lowest BCUT2D eigenvalue weighted by molar-refractivity contribution is 0.0565. The van der Waals surface area contributed by atoms with Gasteiger partial charge in [0.1, 0.15) is 0 Å². The van der Waals surface area contributed by atoms with E-state index in [2.05, 4.69) is 0 Å². The van der Waals surface area contributed by atoms with Crippen molar-refractivity contribution in [2.75, 3.05) is 0 Å². The first-order valence-electron chi connectivity index (χ1n) is 2.09. The van der Waals surface area contributed by atoms with Gasteiger partial charge in [-0.05, 0) is 15.9 Å². The molecule has 0 aromatic carbocycles. The van der Waals surface area contributed by atoms with Crippen LogP contribution in [-0.2, 0) is 0 Å². The van der Waals surface area contributed by atoms with Crippen molar-refractivity contribution in [1.82, 2.24) is 0 Å². The van der Waals surface area contributed by atoms with Crippen LogP contribution in [0.4, 0.5) is 22.0 Å². The van der Waals surface area contributed by atoms with Crippen molar-refractivity contribution in [3.05, 3.63) is 10.6 Å². The molecular formula is C4H2BrF5. The zero-order valence-corrected chi connectivity index (χ0v) is 6.01. The van der Waals surface area contributed by atoms with Crippen molar-refractivity contribution in [2.24, 2.45) is 0 Å². The molecule has 0 nitrogen and oxygen atoms in total. The molecule has 0 spiro atoms. The van der Waals surface area contributed by atoms with Gasteiger partial charge in [-0.25, -0.2) is 17.6 Å². The molecule has 1 atom stereocenters. The van der Waals surface area contributed by atoms with E-state index in [4.69, 9.17) is 0 Å². The van der Waals surface area contributed by atoms with Crippen LogP contribution in [0.2, 0.25) is 0 Å². The van der Waals surface area contributed by atoms with Crippen molar-refractivity contribution < 1.29 is 22.0 Å². The van der Waals surface area contributed by atoms with E-state index in [0.29, 0.717) is 0 Å². The molecule has 0 aliphatic carbocycles. The Morgan fingerprint density at radius 3 is 1.60 bits per heavy atom. The highest BCUT2D eigenvalue weighted by atomic mass is 79.9. The first-order valence-corrected chi connectivity index (χ1v) is 2.89. The van der Waals surface area contributed by atoms with Gasteiger partial charge in [-0.15, -0.1) is 0 Å². The van der Waals surface area contributed by atoms with Gasteiger partial charge in [-0.3, -0.25) is 0 Å². The van der Waals surface area contributed by atoms with Crippen molar-refractivity contribution in [3.8, 4) is 0 Å². The second-order valence-electron chi connectivity index (χ2n) is 1.34. The van der Waals surface area contributed by atoms with Gasteiger partial charge >= 0.3 is 0 Å². The summed E-state index contributed by atoms with van der Waals surface area (Å²) >= 11 is 1.87. The smallest absolute Gasteiger partial charge is 0.233 e. The van der Waals surface area contributed by atoms with E-state index in [1.165, 1.54) is 0 Å². The lowest BCUT2D eigenvalue weighted by Crippen LogP contribution is -2.12. The van der Waals surface area contributed by atoms with E-state index in [1.807, 2.05) is 15.9 Å².